The molecule has 0 spiro atoms. The van der Waals surface area contributed by atoms with E-state index in [-0.39, 0.29) is 0 Å². The first-order chi connectivity index (χ1) is 15.8. The van der Waals surface area contributed by atoms with Crippen LogP contribution in [0.2, 0.25) is 0 Å². The molecule has 0 heteroatoms. The molecule has 0 aliphatic carbocycles. The van der Waals surface area contributed by atoms with Crippen LogP contribution < -0.4 is 0 Å². The highest BCUT2D eigenvalue weighted by atomic mass is 14.1. The van der Waals surface area contributed by atoms with E-state index in [1.165, 1.54) is 27.1 Å². The monoisotopic (exact) mass is 406 g/mol. The lowest BCUT2D eigenvalue weighted by Gasteiger charge is -2.12. The summed E-state index contributed by atoms with van der Waals surface area (Å²) in [7, 11) is 0. The van der Waals surface area contributed by atoms with E-state index in [2.05, 4.69) is 85.2 Å². The maximum absolute atomic E-state index is 3.51. The van der Waals surface area contributed by atoms with Gasteiger partial charge < -0.3 is 0 Å². The summed E-state index contributed by atoms with van der Waals surface area (Å²) in [6.45, 7) is 2.18. The molecular weight excluding hydrogens is 384 g/mol. The van der Waals surface area contributed by atoms with Gasteiger partial charge in [0, 0.05) is 22.3 Å². The van der Waals surface area contributed by atoms with Gasteiger partial charge in [0.1, 0.15) is 0 Å². The summed E-state index contributed by atoms with van der Waals surface area (Å²) in [5, 5.41) is 4.82. The maximum atomic E-state index is 3.51. The number of hydrogen-bond donors (Lipinski definition) is 0. The fourth-order valence-corrected chi connectivity index (χ4v) is 4.07. The topological polar surface area (TPSA) is 0 Å². The van der Waals surface area contributed by atoms with E-state index in [0.29, 0.717) is 0 Å². The Morgan fingerprint density at radius 1 is 0.531 bits per heavy atom. The van der Waals surface area contributed by atoms with Crippen LogP contribution in [-0.4, -0.2) is 0 Å². The van der Waals surface area contributed by atoms with Crippen LogP contribution >= 0.6 is 0 Å². The normalized spacial score (nSPS) is 10.3. The Balaban J connectivity index is 1.78. The lowest BCUT2D eigenvalue weighted by molar-refractivity contribution is 1.13. The highest BCUT2D eigenvalue weighted by Crippen LogP contribution is 2.30. The van der Waals surface area contributed by atoms with Crippen LogP contribution in [0.25, 0.3) is 21.5 Å². The van der Waals surface area contributed by atoms with E-state index in [0.717, 1.165) is 28.7 Å². The van der Waals surface area contributed by atoms with Gasteiger partial charge in [-0.25, -0.2) is 0 Å². The van der Waals surface area contributed by atoms with Gasteiger partial charge in [0.05, 0.1) is 0 Å². The zero-order valence-electron chi connectivity index (χ0n) is 18.0. The second-order valence-electron chi connectivity index (χ2n) is 7.78. The number of fused-ring (bicyclic) bond motifs is 2. The first-order valence-corrected chi connectivity index (χ1v) is 10.9. The van der Waals surface area contributed by atoms with E-state index >= 15 is 0 Å². The van der Waals surface area contributed by atoms with E-state index in [1.807, 2.05) is 48.5 Å². The Hall–Kier alpha value is -4.26. The van der Waals surface area contributed by atoms with Crippen molar-refractivity contribution < 1.29 is 0 Å². The lowest BCUT2D eigenvalue weighted by atomic mass is 9.91. The molecular formula is C32H22. The summed E-state index contributed by atoms with van der Waals surface area (Å²) in [5.74, 6) is 13.7. The van der Waals surface area contributed by atoms with Crippen molar-refractivity contribution in [3.8, 4) is 23.7 Å². The standard InChI is InChI=1S/C32H22/c1-2-30-28(19-17-24-11-5-3-6-12-24)22-29-21-26-15-9-10-16-27(26)23-32(29)31(30)20-18-25-13-7-4-8-14-25/h3-16,21-23H,2H2,1H3. The Morgan fingerprint density at radius 3 is 1.72 bits per heavy atom. The van der Waals surface area contributed by atoms with Gasteiger partial charge in [0.25, 0.3) is 0 Å². The third kappa shape index (κ3) is 4.00. The summed E-state index contributed by atoms with van der Waals surface area (Å²) in [5.41, 5.74) is 5.38. The molecule has 0 aliphatic heterocycles. The molecule has 0 radical (unpaired) electrons. The molecule has 0 saturated carbocycles. The van der Waals surface area contributed by atoms with Gasteiger partial charge in [0.2, 0.25) is 0 Å². The van der Waals surface area contributed by atoms with Crippen molar-refractivity contribution in [2.45, 2.75) is 13.3 Å². The van der Waals surface area contributed by atoms with E-state index in [9.17, 15) is 0 Å². The number of hydrogen-bond acceptors (Lipinski definition) is 0. The number of rotatable bonds is 1. The summed E-state index contributed by atoms with van der Waals surface area (Å²) in [6.07, 6.45) is 0.875. The minimum atomic E-state index is 0.875. The van der Waals surface area contributed by atoms with Gasteiger partial charge in [-0.2, -0.15) is 0 Å². The molecule has 0 unspecified atom stereocenters. The first kappa shape index (κ1) is 19.7. The van der Waals surface area contributed by atoms with E-state index in [1.54, 1.807) is 0 Å². The fourth-order valence-electron chi connectivity index (χ4n) is 4.07. The van der Waals surface area contributed by atoms with Crippen LogP contribution in [0.5, 0.6) is 0 Å². The summed E-state index contributed by atoms with van der Waals surface area (Å²) >= 11 is 0. The molecule has 0 atom stereocenters. The Bertz CT molecular complexity index is 1530. The van der Waals surface area contributed by atoms with Crippen molar-refractivity contribution in [3.05, 3.63) is 131 Å². The fraction of sp³-hybridized carbons (Fsp3) is 0.0625. The average Bonchev–Trinajstić information content (AvgIpc) is 2.85. The van der Waals surface area contributed by atoms with Gasteiger partial charge in [-0.1, -0.05) is 91.3 Å². The summed E-state index contributed by atoms with van der Waals surface area (Å²) in [6, 6.07) is 35.6. The van der Waals surface area contributed by atoms with Crippen molar-refractivity contribution in [1.29, 1.82) is 0 Å². The van der Waals surface area contributed by atoms with Crippen molar-refractivity contribution in [1.82, 2.24) is 0 Å². The van der Waals surface area contributed by atoms with E-state index < -0.39 is 0 Å². The van der Waals surface area contributed by atoms with Crippen molar-refractivity contribution >= 4 is 21.5 Å². The predicted octanol–water partition coefficient (Wildman–Crippen LogP) is 7.36. The lowest BCUT2D eigenvalue weighted by Crippen LogP contribution is -1.96. The molecule has 5 rings (SSSR count). The zero-order valence-corrected chi connectivity index (χ0v) is 18.0. The molecule has 0 saturated heterocycles. The third-order valence-corrected chi connectivity index (χ3v) is 5.69. The van der Waals surface area contributed by atoms with E-state index in [4.69, 9.17) is 0 Å². The molecule has 5 aromatic carbocycles. The quantitative estimate of drug-likeness (QED) is 0.202. The maximum Gasteiger partial charge on any atom is 0.0372 e. The average molecular weight is 407 g/mol. The molecule has 0 bridgehead atoms. The van der Waals surface area contributed by atoms with Crippen molar-refractivity contribution in [3.63, 3.8) is 0 Å². The molecule has 32 heavy (non-hydrogen) atoms. The minimum Gasteiger partial charge on any atom is -0.0622 e. The van der Waals surface area contributed by atoms with Crippen LogP contribution in [0.3, 0.4) is 0 Å². The Labute approximate surface area is 189 Å². The second-order valence-corrected chi connectivity index (χ2v) is 7.78. The molecule has 0 nitrogen and oxygen atoms in total. The highest BCUT2D eigenvalue weighted by Gasteiger charge is 2.11. The van der Waals surface area contributed by atoms with Gasteiger partial charge in [-0.05, 0) is 76.0 Å². The van der Waals surface area contributed by atoms with Gasteiger partial charge in [-0.3, -0.25) is 0 Å². The molecule has 0 N–H and O–H groups in total. The first-order valence-electron chi connectivity index (χ1n) is 10.9. The van der Waals surface area contributed by atoms with Crippen LogP contribution in [-0.2, 0) is 6.42 Å². The van der Waals surface area contributed by atoms with Crippen molar-refractivity contribution in [2.24, 2.45) is 0 Å². The molecule has 0 heterocycles. The Kier molecular flexibility index (Phi) is 5.45. The van der Waals surface area contributed by atoms with Crippen LogP contribution in [0.1, 0.15) is 34.7 Å². The molecule has 0 aliphatic rings. The number of benzene rings is 5. The van der Waals surface area contributed by atoms with Gasteiger partial charge in [-0.15, -0.1) is 0 Å². The largest absolute Gasteiger partial charge is 0.0622 e. The van der Waals surface area contributed by atoms with Crippen LogP contribution in [0.15, 0.2) is 103 Å². The molecule has 0 amide bonds. The van der Waals surface area contributed by atoms with Crippen molar-refractivity contribution in [2.75, 3.05) is 0 Å². The van der Waals surface area contributed by atoms with Crippen LogP contribution in [0.4, 0.5) is 0 Å². The third-order valence-electron chi connectivity index (χ3n) is 5.69. The zero-order chi connectivity index (χ0) is 21.8. The highest BCUT2D eigenvalue weighted by molar-refractivity contribution is 6.02. The predicted molar refractivity (Wildman–Crippen MR) is 136 cm³/mol. The minimum absolute atomic E-state index is 0.875. The molecule has 150 valence electrons. The second kappa shape index (κ2) is 8.85. The van der Waals surface area contributed by atoms with Gasteiger partial charge >= 0.3 is 0 Å². The SMILES string of the molecule is CCc1c(C#Cc2ccccc2)cc2cc3ccccc3cc2c1C#Cc1ccccc1. The van der Waals surface area contributed by atoms with Gasteiger partial charge in [0.15, 0.2) is 0 Å². The summed E-state index contributed by atoms with van der Waals surface area (Å²) < 4.78 is 0. The summed E-state index contributed by atoms with van der Waals surface area (Å²) in [4.78, 5) is 0. The van der Waals surface area contributed by atoms with Crippen LogP contribution in [0, 0.1) is 23.7 Å². The molecule has 5 aromatic rings. The Morgan fingerprint density at radius 2 is 1.09 bits per heavy atom. The smallest absolute Gasteiger partial charge is 0.0372 e. The molecule has 0 aromatic heterocycles. The molecule has 0 fully saturated rings.